The van der Waals surface area contributed by atoms with Crippen LogP contribution in [-0.4, -0.2) is 72.2 Å². The minimum Gasteiger partial charge on any atom is -0.459 e. The third-order valence-electron chi connectivity index (χ3n) is 4.93. The average molecular weight is 507 g/mol. The zero-order valence-corrected chi connectivity index (χ0v) is 19.3. The van der Waals surface area contributed by atoms with Gasteiger partial charge in [-0.25, -0.2) is 9.59 Å². The molecular weight excluding hydrogens is 484 g/mol. The van der Waals surface area contributed by atoms with Crippen LogP contribution in [0.2, 0.25) is 0 Å². The highest BCUT2D eigenvalue weighted by molar-refractivity contribution is 6.26. The molecule has 186 valence electrons. The predicted molar refractivity (Wildman–Crippen MR) is 119 cm³/mol. The lowest BCUT2D eigenvalue weighted by atomic mass is 9.98. The Morgan fingerprint density at radius 2 is 1.40 bits per heavy atom. The third-order valence-corrected chi connectivity index (χ3v) is 5.15. The first-order chi connectivity index (χ1) is 16.8. The molecule has 0 unspecified atom stereocenters. The van der Waals surface area contributed by atoms with Gasteiger partial charge >= 0.3 is 23.9 Å². The van der Waals surface area contributed by atoms with E-state index in [1.54, 1.807) is 36.4 Å². The zero-order chi connectivity index (χ0) is 25.4. The number of aliphatic hydroxyl groups is 1. The molecule has 0 aliphatic carbocycles. The Kier molecular flexibility index (Phi) is 9.18. The quantitative estimate of drug-likeness (QED) is 0.321. The molecule has 2 aromatic carbocycles. The number of halogens is 1. The van der Waals surface area contributed by atoms with E-state index in [-0.39, 0.29) is 11.1 Å². The van der Waals surface area contributed by atoms with Gasteiger partial charge in [-0.3, -0.25) is 9.59 Å². The number of ether oxygens (including phenoxy) is 5. The van der Waals surface area contributed by atoms with Gasteiger partial charge in [0, 0.05) is 6.92 Å². The molecule has 3 rings (SSSR count). The van der Waals surface area contributed by atoms with E-state index < -0.39 is 67.1 Å². The van der Waals surface area contributed by atoms with E-state index in [0.29, 0.717) is 0 Å². The summed E-state index contributed by atoms with van der Waals surface area (Å²) in [5, 5.41) is 10.6. The van der Waals surface area contributed by atoms with Crippen LogP contribution in [-0.2, 0) is 33.3 Å². The van der Waals surface area contributed by atoms with Gasteiger partial charge in [-0.2, -0.15) is 0 Å². The van der Waals surface area contributed by atoms with Gasteiger partial charge < -0.3 is 28.8 Å². The highest BCUT2D eigenvalue weighted by Gasteiger charge is 2.52. The van der Waals surface area contributed by atoms with E-state index in [0.717, 1.165) is 6.92 Å². The van der Waals surface area contributed by atoms with Crippen LogP contribution < -0.4 is 0 Å². The molecule has 1 fully saturated rings. The molecule has 2 aromatic rings. The van der Waals surface area contributed by atoms with E-state index in [1.807, 2.05) is 0 Å². The van der Waals surface area contributed by atoms with E-state index >= 15 is 0 Å². The summed E-state index contributed by atoms with van der Waals surface area (Å²) in [5.74, 6) is -3.82. The van der Waals surface area contributed by atoms with E-state index in [1.165, 1.54) is 24.3 Å². The standard InChI is InChI=1S/C24H23ClO10/c1-14(26)32-19-17(13-31-22(28)15-8-4-2-5-9-15)33-24(30)21(20(19)34-18(27)12-25)35-23(29)16-10-6-3-7-11-16/h2-11,17,19-21,24,30H,12-13H2,1H3/t17-,19-,20+,21-,24+/m1/s1. The second-order valence-electron chi connectivity index (χ2n) is 7.43. The number of hydrogen-bond acceptors (Lipinski definition) is 10. The van der Waals surface area contributed by atoms with Crippen molar-refractivity contribution >= 4 is 35.5 Å². The van der Waals surface area contributed by atoms with Gasteiger partial charge in [0.1, 0.15) is 18.6 Å². The molecule has 0 radical (unpaired) electrons. The van der Waals surface area contributed by atoms with Crippen LogP contribution in [0.5, 0.6) is 0 Å². The minimum atomic E-state index is -1.82. The lowest BCUT2D eigenvalue weighted by Crippen LogP contribution is -2.62. The van der Waals surface area contributed by atoms with Crippen molar-refractivity contribution in [1.29, 1.82) is 0 Å². The zero-order valence-electron chi connectivity index (χ0n) is 18.6. The first kappa shape index (κ1) is 26.1. The summed E-state index contributed by atoms with van der Waals surface area (Å²) in [6, 6.07) is 15.9. The molecule has 1 aliphatic heterocycles. The molecule has 35 heavy (non-hydrogen) atoms. The maximum atomic E-state index is 12.6. The number of aliphatic hydroxyl groups excluding tert-OH is 1. The molecule has 1 heterocycles. The highest BCUT2D eigenvalue weighted by atomic mass is 35.5. The van der Waals surface area contributed by atoms with E-state index in [4.69, 9.17) is 35.3 Å². The second kappa shape index (κ2) is 12.3. The smallest absolute Gasteiger partial charge is 0.338 e. The van der Waals surface area contributed by atoms with Crippen LogP contribution in [0, 0.1) is 0 Å². The second-order valence-corrected chi connectivity index (χ2v) is 7.69. The number of rotatable bonds is 8. The maximum Gasteiger partial charge on any atom is 0.338 e. The average Bonchev–Trinajstić information content (AvgIpc) is 2.87. The van der Waals surface area contributed by atoms with Crippen molar-refractivity contribution in [2.24, 2.45) is 0 Å². The molecule has 0 aromatic heterocycles. The van der Waals surface area contributed by atoms with Crippen LogP contribution in [0.4, 0.5) is 0 Å². The SMILES string of the molecule is CC(=O)O[C@H]1[C@H](OC(=O)CCl)[C@@H](OC(=O)c2ccccc2)[C@@H](O)O[C@@H]1COC(=O)c1ccccc1. The molecule has 0 spiro atoms. The van der Waals surface area contributed by atoms with Gasteiger partial charge in [0.15, 0.2) is 24.6 Å². The number of hydrogen-bond donors (Lipinski definition) is 1. The molecule has 1 aliphatic rings. The van der Waals surface area contributed by atoms with Gasteiger partial charge in [-0.15, -0.1) is 11.6 Å². The van der Waals surface area contributed by atoms with Crippen molar-refractivity contribution in [3.05, 3.63) is 71.8 Å². The molecule has 10 nitrogen and oxygen atoms in total. The van der Waals surface area contributed by atoms with Crippen LogP contribution >= 0.6 is 11.6 Å². The molecule has 1 saturated heterocycles. The largest absolute Gasteiger partial charge is 0.459 e. The number of esters is 4. The van der Waals surface area contributed by atoms with Crippen LogP contribution in [0.1, 0.15) is 27.6 Å². The Bertz CT molecular complexity index is 1030. The number of carbonyl (C=O) groups is 4. The van der Waals surface area contributed by atoms with Gasteiger partial charge in [-0.1, -0.05) is 36.4 Å². The van der Waals surface area contributed by atoms with Crippen molar-refractivity contribution in [3.8, 4) is 0 Å². The first-order valence-corrected chi connectivity index (χ1v) is 11.1. The fourth-order valence-electron chi connectivity index (χ4n) is 3.39. The van der Waals surface area contributed by atoms with Crippen molar-refractivity contribution in [3.63, 3.8) is 0 Å². The van der Waals surface area contributed by atoms with Gasteiger partial charge in [0.05, 0.1) is 11.1 Å². The summed E-state index contributed by atoms with van der Waals surface area (Å²) >= 11 is 5.56. The summed E-state index contributed by atoms with van der Waals surface area (Å²) in [6.45, 7) is 0.625. The molecule has 1 N–H and O–H groups in total. The third kappa shape index (κ3) is 7.01. The van der Waals surface area contributed by atoms with Gasteiger partial charge in [0.2, 0.25) is 0 Å². The maximum absolute atomic E-state index is 12.6. The summed E-state index contributed by atoms with van der Waals surface area (Å²) in [5.41, 5.74) is 0.415. The van der Waals surface area contributed by atoms with Crippen LogP contribution in [0.15, 0.2) is 60.7 Å². The molecule has 0 saturated carbocycles. The number of carbonyl (C=O) groups excluding carboxylic acids is 4. The van der Waals surface area contributed by atoms with Gasteiger partial charge in [0.25, 0.3) is 0 Å². The minimum absolute atomic E-state index is 0.157. The topological polar surface area (TPSA) is 135 Å². The lowest BCUT2D eigenvalue weighted by molar-refractivity contribution is -0.291. The number of benzene rings is 2. The Hall–Kier alpha value is -3.47. The Morgan fingerprint density at radius 3 is 1.94 bits per heavy atom. The van der Waals surface area contributed by atoms with Crippen molar-refractivity contribution in [2.75, 3.05) is 12.5 Å². The van der Waals surface area contributed by atoms with Crippen LogP contribution in [0.3, 0.4) is 0 Å². The fourth-order valence-corrected chi connectivity index (χ4v) is 3.45. The first-order valence-electron chi connectivity index (χ1n) is 10.5. The molecule has 11 heteroatoms. The molecule has 5 atom stereocenters. The van der Waals surface area contributed by atoms with Crippen molar-refractivity contribution < 1.29 is 48.0 Å². The monoisotopic (exact) mass is 506 g/mol. The predicted octanol–water partition coefficient (Wildman–Crippen LogP) is 1.87. The Balaban J connectivity index is 1.84. The van der Waals surface area contributed by atoms with Crippen molar-refractivity contribution in [2.45, 2.75) is 37.6 Å². The number of alkyl halides is 1. The summed E-state index contributed by atoms with van der Waals surface area (Å²) < 4.78 is 26.7. The Labute approximate surface area is 205 Å². The summed E-state index contributed by atoms with van der Waals surface area (Å²) in [7, 11) is 0. The molecule has 0 amide bonds. The van der Waals surface area contributed by atoms with Crippen LogP contribution in [0.25, 0.3) is 0 Å². The summed E-state index contributed by atoms with van der Waals surface area (Å²) in [4.78, 5) is 48.8. The van der Waals surface area contributed by atoms with E-state index in [9.17, 15) is 24.3 Å². The summed E-state index contributed by atoms with van der Waals surface area (Å²) in [6.07, 6.45) is -7.58. The fraction of sp³-hybridized carbons (Fsp3) is 0.333. The molecular formula is C24H23ClO10. The van der Waals surface area contributed by atoms with E-state index in [2.05, 4.69) is 0 Å². The Morgan fingerprint density at radius 1 is 0.829 bits per heavy atom. The normalized spacial score (nSPS) is 23.6. The lowest BCUT2D eigenvalue weighted by Gasteiger charge is -2.42. The van der Waals surface area contributed by atoms with Gasteiger partial charge in [-0.05, 0) is 24.3 Å². The highest BCUT2D eigenvalue weighted by Crippen LogP contribution is 2.29. The van der Waals surface area contributed by atoms with Crippen molar-refractivity contribution in [1.82, 2.24) is 0 Å². The molecule has 0 bridgehead atoms.